The van der Waals surface area contributed by atoms with Crippen LogP contribution in [0.15, 0.2) is 52.3 Å². The van der Waals surface area contributed by atoms with Crippen molar-refractivity contribution >= 4 is 60.9 Å². The number of nitrogen functional groups attached to an aromatic ring is 3. The molecule has 0 atom stereocenters. The first-order chi connectivity index (χ1) is 15.0. The fourth-order valence-corrected chi connectivity index (χ4v) is 3.01. The Kier molecular flexibility index (Phi) is 8.59. The lowest BCUT2D eigenvalue weighted by Gasteiger charge is -2.10. The molecule has 4 amide bonds. The molecule has 33 heavy (non-hydrogen) atoms. The second-order valence-electron chi connectivity index (χ2n) is 5.93. The van der Waals surface area contributed by atoms with Gasteiger partial charge in [-0.25, -0.2) is 4.79 Å². The molecule has 2 aromatic rings. The fraction of sp³-hybridized carbons (Fsp3) is 0. The molecule has 15 nitrogen and oxygen atoms in total. The molecular formula is C16H18N6O9S2. The monoisotopic (exact) mass is 502 g/mol. The van der Waals surface area contributed by atoms with Gasteiger partial charge in [-0.2, -0.15) is 16.8 Å². The molecule has 1 fully saturated rings. The van der Waals surface area contributed by atoms with Crippen LogP contribution in [0.1, 0.15) is 0 Å². The van der Waals surface area contributed by atoms with Crippen LogP contribution < -0.4 is 27.8 Å². The van der Waals surface area contributed by atoms with E-state index in [-0.39, 0.29) is 21.2 Å². The van der Waals surface area contributed by atoms with E-state index in [1.807, 2.05) is 0 Å². The van der Waals surface area contributed by atoms with Crippen LogP contribution in [-0.2, 0) is 29.8 Å². The maximum Gasteiger partial charge on any atom is 0.328 e. The Labute approximate surface area is 187 Å². The highest BCUT2D eigenvalue weighted by atomic mass is 32.2. The standard InChI is InChI=1S/C6H8N2O3S.C6H7NO3S.C4H3N3O3/c7-4-1-2-5(8)6(3-4)12(9,10)11;7-5-1-3-6(4-2-5)11(8,9)10;5-1-2(8)6-4(10)7-3(1)9/h1-3H,7-8H2,(H,9,10,11);1-4H,7H2,(H,8,9,10);5H,(H2,6,7,8,9,10). The van der Waals surface area contributed by atoms with Gasteiger partial charge in [-0.3, -0.25) is 34.7 Å². The van der Waals surface area contributed by atoms with Crippen molar-refractivity contribution in [2.24, 2.45) is 0 Å². The number of carbonyl (C=O) groups is 3. The summed E-state index contributed by atoms with van der Waals surface area (Å²) in [5.41, 5.74) is 15.8. The second kappa shape index (κ2) is 10.5. The number of hydrogen-bond donors (Lipinski definition) is 8. The zero-order chi connectivity index (χ0) is 25.6. The van der Waals surface area contributed by atoms with Crippen molar-refractivity contribution in [1.29, 1.82) is 5.41 Å². The molecule has 0 radical (unpaired) electrons. The Morgan fingerprint density at radius 3 is 1.58 bits per heavy atom. The van der Waals surface area contributed by atoms with Crippen molar-refractivity contribution in [3.05, 3.63) is 42.5 Å². The third kappa shape index (κ3) is 8.53. The Balaban J connectivity index is 0.000000249. The molecule has 3 rings (SSSR count). The maximum absolute atomic E-state index is 10.6. The summed E-state index contributed by atoms with van der Waals surface area (Å²) >= 11 is 0. The first-order valence-corrected chi connectivity index (χ1v) is 11.1. The van der Waals surface area contributed by atoms with Crippen LogP contribution in [0.25, 0.3) is 0 Å². The average Bonchev–Trinajstić information content (AvgIpc) is 2.68. The van der Waals surface area contributed by atoms with Crippen molar-refractivity contribution in [1.82, 2.24) is 10.6 Å². The number of amides is 4. The minimum atomic E-state index is -4.26. The highest BCUT2D eigenvalue weighted by Gasteiger charge is 2.27. The molecule has 1 saturated heterocycles. The van der Waals surface area contributed by atoms with E-state index in [4.69, 9.17) is 31.7 Å². The third-order valence-corrected chi connectivity index (χ3v) is 5.18. The third-order valence-electron chi connectivity index (χ3n) is 3.40. The van der Waals surface area contributed by atoms with Crippen LogP contribution in [0, 0.1) is 5.41 Å². The number of imide groups is 2. The van der Waals surface area contributed by atoms with Crippen LogP contribution in [0.5, 0.6) is 0 Å². The van der Waals surface area contributed by atoms with Crippen LogP contribution in [0.4, 0.5) is 21.9 Å². The van der Waals surface area contributed by atoms with E-state index >= 15 is 0 Å². The molecule has 0 unspecified atom stereocenters. The summed E-state index contributed by atoms with van der Waals surface area (Å²) in [6, 6.07) is 8.28. The van der Waals surface area contributed by atoms with Gasteiger partial charge in [0.2, 0.25) is 0 Å². The van der Waals surface area contributed by atoms with Gasteiger partial charge in [0.1, 0.15) is 4.90 Å². The predicted octanol–water partition coefficient (Wildman–Crippen LogP) is -1.01. The van der Waals surface area contributed by atoms with Gasteiger partial charge >= 0.3 is 6.03 Å². The molecule has 1 aliphatic heterocycles. The summed E-state index contributed by atoms with van der Waals surface area (Å²) in [7, 11) is -8.34. The minimum absolute atomic E-state index is 0.0216. The maximum atomic E-state index is 10.6. The Morgan fingerprint density at radius 2 is 1.18 bits per heavy atom. The normalized spacial score (nSPS) is 13.5. The average molecular weight is 502 g/mol. The number of rotatable bonds is 2. The van der Waals surface area contributed by atoms with Crippen LogP contribution >= 0.6 is 0 Å². The predicted molar refractivity (Wildman–Crippen MR) is 115 cm³/mol. The number of anilines is 3. The number of barbiturate groups is 1. The van der Waals surface area contributed by atoms with E-state index in [1.165, 1.54) is 36.4 Å². The summed E-state index contributed by atoms with van der Waals surface area (Å²) in [6.07, 6.45) is 0. The van der Waals surface area contributed by atoms with Gasteiger partial charge in [0.25, 0.3) is 32.1 Å². The summed E-state index contributed by atoms with van der Waals surface area (Å²) in [6.45, 7) is 0. The Hall–Kier alpha value is -4.06. The molecule has 1 aliphatic rings. The van der Waals surface area contributed by atoms with E-state index in [0.29, 0.717) is 5.69 Å². The molecule has 0 aromatic heterocycles. The molecule has 0 aliphatic carbocycles. The minimum Gasteiger partial charge on any atom is -0.399 e. The second-order valence-corrected chi connectivity index (χ2v) is 8.74. The zero-order valence-corrected chi connectivity index (χ0v) is 18.0. The molecule has 0 saturated carbocycles. The molecular weight excluding hydrogens is 484 g/mol. The smallest absolute Gasteiger partial charge is 0.328 e. The lowest BCUT2D eigenvalue weighted by atomic mass is 10.3. The summed E-state index contributed by atoms with van der Waals surface area (Å²) in [5.74, 6) is -1.93. The molecule has 17 heteroatoms. The number of urea groups is 1. The van der Waals surface area contributed by atoms with E-state index in [2.05, 4.69) is 0 Å². The number of hydrogen-bond acceptors (Lipinski definition) is 11. The van der Waals surface area contributed by atoms with Gasteiger partial charge in [-0.1, -0.05) is 0 Å². The van der Waals surface area contributed by atoms with Gasteiger partial charge in [0.15, 0.2) is 5.71 Å². The van der Waals surface area contributed by atoms with E-state index in [1.54, 1.807) is 10.6 Å². The lowest BCUT2D eigenvalue weighted by molar-refractivity contribution is -0.119. The van der Waals surface area contributed by atoms with Crippen molar-refractivity contribution in [3.8, 4) is 0 Å². The molecule has 1 heterocycles. The molecule has 0 bridgehead atoms. The summed E-state index contributed by atoms with van der Waals surface area (Å²) in [4.78, 5) is 30.6. The van der Waals surface area contributed by atoms with E-state index in [9.17, 15) is 31.2 Å². The molecule has 0 spiro atoms. The van der Waals surface area contributed by atoms with Crippen molar-refractivity contribution in [2.45, 2.75) is 9.79 Å². The van der Waals surface area contributed by atoms with E-state index < -0.39 is 43.8 Å². The van der Waals surface area contributed by atoms with Crippen molar-refractivity contribution in [3.63, 3.8) is 0 Å². The summed E-state index contributed by atoms with van der Waals surface area (Å²) in [5, 5.41) is 10.2. The largest absolute Gasteiger partial charge is 0.399 e. The van der Waals surface area contributed by atoms with Gasteiger partial charge in [-0.05, 0) is 42.5 Å². The highest BCUT2D eigenvalue weighted by Crippen LogP contribution is 2.20. The quantitative estimate of drug-likeness (QED) is 0.181. The highest BCUT2D eigenvalue weighted by molar-refractivity contribution is 7.86. The number of benzene rings is 2. The molecule has 2 aromatic carbocycles. The molecule has 11 N–H and O–H groups in total. The first kappa shape index (κ1) is 27.0. The fourth-order valence-electron chi connectivity index (χ4n) is 1.88. The number of nitrogens with one attached hydrogen (secondary N) is 3. The van der Waals surface area contributed by atoms with Gasteiger partial charge < -0.3 is 17.2 Å². The SMILES string of the molecule is N=C1C(=O)NC(=O)NC1=O.Nc1ccc(N)c(S(=O)(=O)O)c1.Nc1ccc(S(=O)(=O)O)cc1. The Morgan fingerprint density at radius 1 is 0.727 bits per heavy atom. The van der Waals surface area contributed by atoms with Gasteiger partial charge in [-0.15, -0.1) is 0 Å². The van der Waals surface area contributed by atoms with Gasteiger partial charge in [0, 0.05) is 11.4 Å². The van der Waals surface area contributed by atoms with Crippen molar-refractivity contribution < 1.29 is 40.3 Å². The number of carbonyl (C=O) groups excluding carboxylic acids is 3. The van der Waals surface area contributed by atoms with Gasteiger partial charge in [0.05, 0.1) is 10.6 Å². The summed E-state index contributed by atoms with van der Waals surface area (Å²) < 4.78 is 59.3. The van der Waals surface area contributed by atoms with Crippen LogP contribution in [-0.4, -0.2) is 49.5 Å². The van der Waals surface area contributed by atoms with E-state index in [0.717, 1.165) is 6.07 Å². The lowest BCUT2D eigenvalue weighted by Crippen LogP contribution is -2.55. The van der Waals surface area contributed by atoms with Crippen LogP contribution in [0.2, 0.25) is 0 Å². The topological polar surface area (TPSA) is 286 Å². The van der Waals surface area contributed by atoms with Crippen molar-refractivity contribution in [2.75, 3.05) is 17.2 Å². The Bertz CT molecular complexity index is 1280. The van der Waals surface area contributed by atoms with Crippen LogP contribution in [0.3, 0.4) is 0 Å². The number of nitrogens with two attached hydrogens (primary N) is 3. The molecule has 178 valence electrons. The first-order valence-electron chi connectivity index (χ1n) is 8.23. The zero-order valence-electron chi connectivity index (χ0n) is 16.3.